The van der Waals surface area contributed by atoms with Crippen LogP contribution in [0.3, 0.4) is 0 Å². The number of hydrogen-bond acceptors (Lipinski definition) is 5. The summed E-state index contributed by atoms with van der Waals surface area (Å²) in [5.41, 5.74) is 0.780. The van der Waals surface area contributed by atoms with Gasteiger partial charge in [-0.15, -0.1) is 0 Å². The van der Waals surface area contributed by atoms with Gasteiger partial charge in [-0.1, -0.05) is 12.0 Å². The summed E-state index contributed by atoms with van der Waals surface area (Å²) < 4.78 is 10.8. The van der Waals surface area contributed by atoms with E-state index in [1.807, 2.05) is 12.1 Å². The van der Waals surface area contributed by atoms with Crippen LogP contribution in [0, 0.1) is 11.8 Å². The van der Waals surface area contributed by atoms with E-state index in [1.54, 1.807) is 33.0 Å². The van der Waals surface area contributed by atoms with E-state index in [-0.39, 0.29) is 13.2 Å². The number of hydrogen-bond donors (Lipinski definition) is 2. The number of aromatic nitrogens is 1. The molecule has 23 heavy (non-hydrogen) atoms. The number of nitrogens with one attached hydrogen (secondary N) is 1. The third-order valence-corrected chi connectivity index (χ3v) is 2.80. The number of ether oxygens (including phenoxy) is 2. The molecular weight excluding hydrogens is 296 g/mol. The summed E-state index contributed by atoms with van der Waals surface area (Å²) in [5.74, 6) is 6.21. The van der Waals surface area contributed by atoms with Gasteiger partial charge >= 0.3 is 6.09 Å². The largest absolute Gasteiger partial charge is 0.480 e. The molecule has 0 fully saturated rings. The summed E-state index contributed by atoms with van der Waals surface area (Å²) in [6.07, 6.45) is 4.37. The second kappa shape index (κ2) is 7.16. The molecule has 2 rings (SSSR count). The molecular formula is C17H20N2O4. The van der Waals surface area contributed by atoms with E-state index in [0.29, 0.717) is 11.4 Å². The lowest BCUT2D eigenvalue weighted by Gasteiger charge is -2.20. The molecule has 0 saturated heterocycles. The standard InChI is InChI=1S/C17H20N2O4/c1-17(2,3)23-16(21)19-9-4-5-14-15-12(8-10-18-14)6-7-13(11-20)22-15/h6-8,10,13,20H,9,11H2,1-3H3,(H,19,21)/t13-/m1/s1. The lowest BCUT2D eigenvalue weighted by molar-refractivity contribution is 0.0535. The molecule has 122 valence electrons. The fraction of sp³-hybridized carbons (Fsp3) is 0.412. The van der Waals surface area contributed by atoms with Crippen LogP contribution in [-0.2, 0) is 4.74 Å². The highest BCUT2D eigenvalue weighted by Crippen LogP contribution is 2.27. The third-order valence-electron chi connectivity index (χ3n) is 2.80. The average molecular weight is 316 g/mol. The molecule has 0 saturated carbocycles. The van der Waals surface area contributed by atoms with E-state index in [1.165, 1.54) is 0 Å². The number of aliphatic hydroxyl groups is 1. The number of aliphatic hydroxyl groups excluding tert-OH is 1. The van der Waals surface area contributed by atoms with Gasteiger partial charge in [-0.25, -0.2) is 9.78 Å². The van der Waals surface area contributed by atoms with Crippen molar-refractivity contribution in [2.45, 2.75) is 32.5 Å². The quantitative estimate of drug-likeness (QED) is 0.812. The van der Waals surface area contributed by atoms with E-state index < -0.39 is 17.8 Å². The van der Waals surface area contributed by atoms with Crippen LogP contribution in [0.15, 0.2) is 18.3 Å². The Bertz CT molecular complexity index is 665. The van der Waals surface area contributed by atoms with Gasteiger partial charge in [0.25, 0.3) is 0 Å². The summed E-state index contributed by atoms with van der Waals surface area (Å²) >= 11 is 0. The zero-order valence-corrected chi connectivity index (χ0v) is 13.4. The van der Waals surface area contributed by atoms with Gasteiger partial charge in [-0.05, 0) is 38.8 Å². The Morgan fingerprint density at radius 2 is 2.30 bits per heavy atom. The SMILES string of the molecule is CC(C)(C)OC(=O)NCC#Cc1nccc2c1O[C@@H](CO)C=C2. The fourth-order valence-electron chi connectivity index (χ4n) is 1.87. The molecule has 1 aliphatic rings. The number of fused-ring (bicyclic) bond motifs is 1. The predicted molar refractivity (Wildman–Crippen MR) is 85.9 cm³/mol. The first-order chi connectivity index (χ1) is 10.9. The Morgan fingerprint density at radius 1 is 1.52 bits per heavy atom. The Hall–Kier alpha value is -2.52. The fourth-order valence-corrected chi connectivity index (χ4v) is 1.87. The van der Waals surface area contributed by atoms with Crippen molar-refractivity contribution in [3.63, 3.8) is 0 Å². The maximum atomic E-state index is 11.5. The third kappa shape index (κ3) is 5.01. The summed E-state index contributed by atoms with van der Waals surface area (Å²) in [5, 5.41) is 11.7. The van der Waals surface area contributed by atoms with Crippen molar-refractivity contribution >= 4 is 12.2 Å². The highest BCUT2D eigenvalue weighted by molar-refractivity contribution is 5.68. The van der Waals surface area contributed by atoms with E-state index in [0.717, 1.165) is 5.56 Å². The molecule has 6 heteroatoms. The number of pyridine rings is 1. The second-order valence-electron chi connectivity index (χ2n) is 5.93. The minimum Gasteiger partial charge on any atom is -0.480 e. The van der Waals surface area contributed by atoms with Crippen molar-refractivity contribution in [1.29, 1.82) is 0 Å². The maximum absolute atomic E-state index is 11.5. The maximum Gasteiger partial charge on any atom is 0.408 e. The summed E-state index contributed by atoms with van der Waals surface area (Å²) in [6.45, 7) is 5.40. The lowest BCUT2D eigenvalue weighted by Crippen LogP contribution is -2.32. The van der Waals surface area contributed by atoms with E-state index in [4.69, 9.17) is 9.47 Å². The molecule has 0 radical (unpaired) electrons. The first kappa shape index (κ1) is 16.8. The van der Waals surface area contributed by atoms with Gasteiger partial charge in [0.15, 0.2) is 11.4 Å². The van der Waals surface area contributed by atoms with Gasteiger partial charge < -0.3 is 19.9 Å². The Kier molecular flexibility index (Phi) is 5.24. The van der Waals surface area contributed by atoms with Gasteiger partial charge in [-0.3, -0.25) is 0 Å². The van der Waals surface area contributed by atoms with Gasteiger partial charge in [0.05, 0.1) is 13.2 Å². The van der Waals surface area contributed by atoms with Crippen LogP contribution in [0.4, 0.5) is 4.79 Å². The second-order valence-corrected chi connectivity index (χ2v) is 5.93. The smallest absolute Gasteiger partial charge is 0.408 e. The van der Waals surface area contributed by atoms with E-state index >= 15 is 0 Å². The van der Waals surface area contributed by atoms with Gasteiger partial charge in [0, 0.05) is 11.8 Å². The Morgan fingerprint density at radius 3 is 3.00 bits per heavy atom. The minimum atomic E-state index is -0.545. The van der Waals surface area contributed by atoms with Gasteiger partial charge in [0.1, 0.15) is 11.7 Å². The minimum absolute atomic E-state index is 0.113. The Balaban J connectivity index is 2.00. The van der Waals surface area contributed by atoms with Gasteiger partial charge in [-0.2, -0.15) is 0 Å². The van der Waals surface area contributed by atoms with Crippen molar-refractivity contribution in [2.75, 3.05) is 13.2 Å². The molecule has 0 bridgehead atoms. The van der Waals surface area contributed by atoms with E-state index in [2.05, 4.69) is 22.1 Å². The van der Waals surface area contributed by atoms with Crippen LogP contribution >= 0.6 is 0 Å². The summed E-state index contributed by atoms with van der Waals surface area (Å²) in [4.78, 5) is 15.7. The first-order valence-electron chi connectivity index (χ1n) is 7.29. The molecule has 0 aliphatic carbocycles. The van der Waals surface area contributed by atoms with Crippen molar-refractivity contribution in [1.82, 2.24) is 10.3 Å². The zero-order chi connectivity index (χ0) is 16.9. The van der Waals surface area contributed by atoms with Crippen molar-refractivity contribution in [3.8, 4) is 17.6 Å². The summed E-state index contributed by atoms with van der Waals surface area (Å²) in [7, 11) is 0. The predicted octanol–water partition coefficient (Wildman–Crippen LogP) is 1.72. The van der Waals surface area contributed by atoms with Crippen LogP contribution in [0.25, 0.3) is 6.08 Å². The summed E-state index contributed by atoms with van der Waals surface area (Å²) in [6, 6.07) is 1.81. The molecule has 2 heterocycles. The van der Waals surface area contributed by atoms with E-state index in [9.17, 15) is 9.90 Å². The first-order valence-corrected chi connectivity index (χ1v) is 7.29. The zero-order valence-electron chi connectivity index (χ0n) is 13.4. The highest BCUT2D eigenvalue weighted by atomic mass is 16.6. The molecule has 1 aromatic rings. The normalized spacial score (nSPS) is 15.7. The average Bonchev–Trinajstić information content (AvgIpc) is 2.49. The van der Waals surface area contributed by atoms with Crippen LogP contribution in [0.2, 0.25) is 0 Å². The lowest BCUT2D eigenvalue weighted by atomic mass is 10.1. The molecule has 1 aromatic heterocycles. The number of alkyl carbamates (subject to hydrolysis) is 1. The van der Waals surface area contributed by atoms with Crippen molar-refractivity contribution in [2.24, 2.45) is 0 Å². The van der Waals surface area contributed by atoms with Crippen molar-refractivity contribution in [3.05, 3.63) is 29.6 Å². The van der Waals surface area contributed by atoms with Crippen LogP contribution < -0.4 is 10.1 Å². The molecule has 1 aliphatic heterocycles. The van der Waals surface area contributed by atoms with Crippen LogP contribution in [0.1, 0.15) is 32.0 Å². The monoisotopic (exact) mass is 316 g/mol. The highest BCUT2D eigenvalue weighted by Gasteiger charge is 2.17. The molecule has 2 N–H and O–H groups in total. The van der Waals surface area contributed by atoms with Crippen LogP contribution in [-0.4, -0.2) is 41.0 Å². The molecule has 1 amide bonds. The van der Waals surface area contributed by atoms with Crippen LogP contribution in [0.5, 0.6) is 5.75 Å². The number of carbonyl (C=O) groups excluding carboxylic acids is 1. The van der Waals surface area contributed by atoms with Gasteiger partial charge in [0.2, 0.25) is 0 Å². The molecule has 0 unspecified atom stereocenters. The molecule has 0 aromatic carbocycles. The Labute approximate surface area is 135 Å². The molecule has 0 spiro atoms. The number of rotatable bonds is 2. The number of nitrogens with zero attached hydrogens (tertiary/aromatic N) is 1. The van der Waals surface area contributed by atoms with Crippen molar-refractivity contribution < 1.29 is 19.4 Å². The molecule has 6 nitrogen and oxygen atoms in total. The topological polar surface area (TPSA) is 80.7 Å². The number of amides is 1. The molecule has 1 atom stereocenters. The number of carbonyl (C=O) groups is 1.